The van der Waals surface area contributed by atoms with Crippen molar-refractivity contribution in [3.05, 3.63) is 52.2 Å². The first-order valence-electron chi connectivity index (χ1n) is 5.82. The van der Waals surface area contributed by atoms with Crippen LogP contribution in [0.3, 0.4) is 0 Å². The maximum absolute atomic E-state index is 10.5. The molecule has 0 amide bonds. The molecule has 18 heavy (non-hydrogen) atoms. The summed E-state index contributed by atoms with van der Waals surface area (Å²) in [6.07, 6.45) is -0.632. The molecule has 0 fully saturated rings. The van der Waals surface area contributed by atoms with Crippen LogP contribution in [-0.4, -0.2) is 18.8 Å². The van der Waals surface area contributed by atoms with Crippen molar-refractivity contribution in [3.63, 3.8) is 0 Å². The van der Waals surface area contributed by atoms with E-state index in [1.807, 2.05) is 41.8 Å². The van der Waals surface area contributed by atoms with Crippen molar-refractivity contribution in [2.45, 2.75) is 12.0 Å². The molecule has 3 nitrogen and oxygen atoms in total. The van der Waals surface area contributed by atoms with E-state index in [1.54, 1.807) is 7.11 Å². The second-order valence-corrected chi connectivity index (χ2v) is 5.00. The molecule has 0 saturated carbocycles. The van der Waals surface area contributed by atoms with E-state index in [9.17, 15) is 5.11 Å². The summed E-state index contributed by atoms with van der Waals surface area (Å²) in [6, 6.07) is 11.7. The van der Waals surface area contributed by atoms with E-state index >= 15 is 0 Å². The number of methoxy groups -OCH3 is 1. The second-order valence-electron chi connectivity index (χ2n) is 4.05. The van der Waals surface area contributed by atoms with Crippen LogP contribution >= 0.6 is 11.3 Å². The first-order valence-corrected chi connectivity index (χ1v) is 6.70. The molecule has 96 valence electrons. The Balaban J connectivity index is 2.28. The summed E-state index contributed by atoms with van der Waals surface area (Å²) in [4.78, 5) is 0.830. The summed E-state index contributed by atoms with van der Waals surface area (Å²) in [5.74, 6) is 0.612. The van der Waals surface area contributed by atoms with E-state index in [0.29, 0.717) is 6.54 Å². The number of aliphatic hydroxyl groups is 1. The number of ether oxygens (including phenoxy) is 1. The van der Waals surface area contributed by atoms with Crippen molar-refractivity contribution in [1.82, 2.24) is 0 Å². The van der Waals surface area contributed by atoms with E-state index in [1.165, 1.54) is 11.3 Å². The fourth-order valence-corrected chi connectivity index (χ4v) is 2.93. The number of thiophene rings is 1. The Morgan fingerprint density at radius 1 is 1.28 bits per heavy atom. The van der Waals surface area contributed by atoms with Crippen LogP contribution in [0.25, 0.3) is 0 Å². The summed E-state index contributed by atoms with van der Waals surface area (Å²) in [5, 5.41) is 12.4. The zero-order valence-corrected chi connectivity index (χ0v) is 11.1. The average Bonchev–Trinajstić information content (AvgIpc) is 2.89. The van der Waals surface area contributed by atoms with E-state index in [0.717, 1.165) is 16.2 Å². The van der Waals surface area contributed by atoms with Gasteiger partial charge in [-0.15, -0.1) is 11.3 Å². The van der Waals surface area contributed by atoms with Gasteiger partial charge in [-0.3, -0.25) is 0 Å². The van der Waals surface area contributed by atoms with Crippen LogP contribution in [0.4, 0.5) is 0 Å². The van der Waals surface area contributed by atoms with Gasteiger partial charge in [-0.2, -0.15) is 0 Å². The lowest BCUT2D eigenvalue weighted by atomic mass is 9.92. The largest absolute Gasteiger partial charge is 0.495 e. The van der Waals surface area contributed by atoms with Crippen LogP contribution in [0.5, 0.6) is 5.75 Å². The van der Waals surface area contributed by atoms with Gasteiger partial charge in [-0.1, -0.05) is 30.3 Å². The standard InChI is InChI=1S/C14H17NO2S/c1-17-12-7-8-18-14(12)13(16)11(9-15)10-5-3-2-4-6-10/h2-8,11,13,16H,9,15H2,1H3. The van der Waals surface area contributed by atoms with Gasteiger partial charge >= 0.3 is 0 Å². The normalized spacial score (nSPS) is 14.2. The third-order valence-electron chi connectivity index (χ3n) is 3.01. The predicted octanol–water partition coefficient (Wildman–Crippen LogP) is 2.53. The lowest BCUT2D eigenvalue weighted by Gasteiger charge is -2.21. The maximum atomic E-state index is 10.5. The van der Waals surface area contributed by atoms with Crippen molar-refractivity contribution in [1.29, 1.82) is 0 Å². The van der Waals surface area contributed by atoms with Gasteiger partial charge in [0.15, 0.2) is 0 Å². The molecule has 1 heterocycles. The molecule has 0 aliphatic carbocycles. The fraction of sp³-hybridized carbons (Fsp3) is 0.286. The molecule has 0 aliphatic rings. The lowest BCUT2D eigenvalue weighted by Crippen LogP contribution is -2.19. The van der Waals surface area contributed by atoms with Gasteiger partial charge in [0.1, 0.15) is 5.75 Å². The average molecular weight is 263 g/mol. The Hall–Kier alpha value is -1.36. The van der Waals surface area contributed by atoms with Crippen molar-refractivity contribution < 1.29 is 9.84 Å². The molecule has 0 radical (unpaired) electrons. The highest BCUT2D eigenvalue weighted by Crippen LogP contribution is 2.38. The zero-order chi connectivity index (χ0) is 13.0. The molecule has 2 aromatic rings. The fourth-order valence-electron chi connectivity index (χ4n) is 2.02. The maximum Gasteiger partial charge on any atom is 0.135 e. The Labute approximate surface area is 111 Å². The minimum absolute atomic E-state index is 0.112. The molecular formula is C14H17NO2S. The number of hydrogen-bond acceptors (Lipinski definition) is 4. The minimum Gasteiger partial charge on any atom is -0.495 e. The van der Waals surface area contributed by atoms with Crippen molar-refractivity contribution >= 4 is 11.3 Å². The number of nitrogens with two attached hydrogens (primary N) is 1. The molecule has 0 bridgehead atoms. The number of rotatable bonds is 5. The highest BCUT2D eigenvalue weighted by molar-refractivity contribution is 7.10. The Morgan fingerprint density at radius 3 is 2.61 bits per heavy atom. The predicted molar refractivity (Wildman–Crippen MR) is 74.1 cm³/mol. The van der Waals surface area contributed by atoms with Gasteiger partial charge in [-0.25, -0.2) is 0 Å². The van der Waals surface area contributed by atoms with Crippen molar-refractivity contribution in [3.8, 4) is 5.75 Å². The number of hydrogen-bond donors (Lipinski definition) is 2. The SMILES string of the molecule is COc1ccsc1C(O)C(CN)c1ccccc1. The van der Waals surface area contributed by atoms with Gasteiger partial charge in [0.2, 0.25) is 0 Å². The smallest absolute Gasteiger partial charge is 0.135 e. The first-order chi connectivity index (χ1) is 8.77. The topological polar surface area (TPSA) is 55.5 Å². The summed E-state index contributed by atoms with van der Waals surface area (Å²) < 4.78 is 5.25. The lowest BCUT2D eigenvalue weighted by molar-refractivity contribution is 0.148. The Kier molecular flexibility index (Phi) is 4.36. The van der Waals surface area contributed by atoms with E-state index in [4.69, 9.17) is 10.5 Å². The molecule has 2 atom stereocenters. The van der Waals surface area contributed by atoms with Crippen molar-refractivity contribution in [2.75, 3.05) is 13.7 Å². The summed E-state index contributed by atoms with van der Waals surface area (Å²) in [6.45, 7) is 0.395. The van der Waals surface area contributed by atoms with Crippen LogP contribution in [0.1, 0.15) is 22.5 Å². The minimum atomic E-state index is -0.632. The highest BCUT2D eigenvalue weighted by atomic mass is 32.1. The van der Waals surface area contributed by atoms with Gasteiger partial charge in [0.05, 0.1) is 18.1 Å². The van der Waals surface area contributed by atoms with E-state index in [2.05, 4.69) is 0 Å². The van der Waals surface area contributed by atoms with Gasteiger partial charge in [-0.05, 0) is 17.0 Å². The number of aliphatic hydroxyl groups excluding tert-OH is 1. The summed E-state index contributed by atoms with van der Waals surface area (Å²) in [7, 11) is 1.61. The quantitative estimate of drug-likeness (QED) is 0.871. The Bertz CT molecular complexity index is 484. The van der Waals surface area contributed by atoms with Gasteiger partial charge in [0.25, 0.3) is 0 Å². The molecule has 0 saturated heterocycles. The van der Waals surface area contributed by atoms with Crippen LogP contribution in [0.15, 0.2) is 41.8 Å². The van der Waals surface area contributed by atoms with Crippen LogP contribution < -0.4 is 10.5 Å². The molecule has 4 heteroatoms. The van der Waals surface area contributed by atoms with Crippen LogP contribution in [-0.2, 0) is 0 Å². The van der Waals surface area contributed by atoms with Gasteiger partial charge in [0, 0.05) is 12.5 Å². The Morgan fingerprint density at radius 2 is 2.00 bits per heavy atom. The van der Waals surface area contributed by atoms with Gasteiger partial charge < -0.3 is 15.6 Å². The van der Waals surface area contributed by atoms with Crippen LogP contribution in [0.2, 0.25) is 0 Å². The second kappa shape index (κ2) is 6.00. The van der Waals surface area contributed by atoms with E-state index in [-0.39, 0.29) is 5.92 Å². The molecule has 1 aromatic heterocycles. The molecule has 2 unspecified atom stereocenters. The third-order valence-corrected chi connectivity index (χ3v) is 3.98. The molecule has 0 aliphatic heterocycles. The third kappa shape index (κ3) is 2.56. The molecule has 1 aromatic carbocycles. The highest BCUT2D eigenvalue weighted by Gasteiger charge is 2.25. The first kappa shape index (κ1) is 13.1. The van der Waals surface area contributed by atoms with Crippen LogP contribution in [0, 0.1) is 0 Å². The molecule has 0 spiro atoms. The van der Waals surface area contributed by atoms with Crippen molar-refractivity contribution in [2.24, 2.45) is 5.73 Å². The van der Waals surface area contributed by atoms with E-state index < -0.39 is 6.10 Å². The molecule has 2 rings (SSSR count). The summed E-state index contributed by atoms with van der Waals surface area (Å²) in [5.41, 5.74) is 6.85. The zero-order valence-electron chi connectivity index (χ0n) is 10.2. The number of benzene rings is 1. The summed E-state index contributed by atoms with van der Waals surface area (Å²) >= 11 is 1.49. The molecular weight excluding hydrogens is 246 g/mol. The molecule has 3 N–H and O–H groups in total. The monoisotopic (exact) mass is 263 g/mol.